The second-order valence-corrected chi connectivity index (χ2v) is 7.40. The van der Waals surface area contributed by atoms with Gasteiger partial charge in [0.15, 0.2) is 0 Å². The maximum atomic E-state index is 11.4. The number of thioether (sulfide) groups is 1. The molecule has 0 unspecified atom stereocenters. The van der Waals surface area contributed by atoms with Crippen LogP contribution in [-0.2, 0) is 19.9 Å². The summed E-state index contributed by atoms with van der Waals surface area (Å²) < 4.78 is 35.9. The van der Waals surface area contributed by atoms with Crippen LogP contribution in [0.2, 0.25) is 0 Å². The second-order valence-electron chi connectivity index (χ2n) is 4.71. The quantitative estimate of drug-likeness (QED) is 0.618. The zero-order valence-electron chi connectivity index (χ0n) is 12.4. The highest BCUT2D eigenvalue weighted by Gasteiger charge is 2.53. The number of nitrogens with one attached hydrogen (secondary N) is 1. The lowest BCUT2D eigenvalue weighted by Gasteiger charge is -2.43. The molecule has 8 nitrogen and oxygen atoms in total. The van der Waals surface area contributed by atoms with Gasteiger partial charge in [0.2, 0.25) is 5.91 Å². The van der Waals surface area contributed by atoms with Gasteiger partial charge >= 0.3 is 10.3 Å². The normalized spacial score (nSPS) is 21.2. The summed E-state index contributed by atoms with van der Waals surface area (Å²) in [5.74, 6) is 1.29. The number of ether oxygens (including phenoxy) is 1. The zero-order chi connectivity index (χ0) is 17.2. The van der Waals surface area contributed by atoms with E-state index in [1.807, 2.05) is 24.3 Å². The number of amides is 2. The van der Waals surface area contributed by atoms with E-state index in [2.05, 4.69) is 5.32 Å². The van der Waals surface area contributed by atoms with E-state index < -0.39 is 33.5 Å². The fraction of sp³-hybridized carbons (Fsp3) is 0.385. The van der Waals surface area contributed by atoms with E-state index in [-0.39, 0.29) is 0 Å². The van der Waals surface area contributed by atoms with Crippen LogP contribution in [0.5, 0.6) is 11.5 Å². The van der Waals surface area contributed by atoms with E-state index in [1.54, 1.807) is 6.92 Å². The summed E-state index contributed by atoms with van der Waals surface area (Å²) in [6.07, 6.45) is 0. The lowest BCUT2D eigenvalue weighted by atomic mass is 10.1. The van der Waals surface area contributed by atoms with Crippen LogP contribution in [0, 0.1) is 0 Å². The first-order valence-electron chi connectivity index (χ1n) is 6.71. The van der Waals surface area contributed by atoms with Crippen LogP contribution in [0.4, 0.5) is 0 Å². The minimum absolute atomic E-state index is 0.377. The van der Waals surface area contributed by atoms with Crippen molar-refractivity contribution >= 4 is 33.9 Å². The van der Waals surface area contributed by atoms with Crippen molar-refractivity contribution in [2.45, 2.75) is 25.3 Å². The van der Waals surface area contributed by atoms with Crippen molar-refractivity contribution in [3.05, 3.63) is 24.3 Å². The molecule has 2 N–H and O–H groups in total. The van der Waals surface area contributed by atoms with Crippen molar-refractivity contribution in [1.29, 1.82) is 0 Å². The average molecular weight is 360 g/mol. The highest BCUT2D eigenvalue weighted by atomic mass is 32.2. The van der Waals surface area contributed by atoms with Crippen molar-refractivity contribution in [3.8, 4) is 11.5 Å². The first-order chi connectivity index (χ1) is 10.7. The lowest BCUT2D eigenvalue weighted by Crippen LogP contribution is -2.70. The number of fused-ring (bicyclic) bond motifs is 2. The topological polar surface area (TPSA) is 113 Å². The summed E-state index contributed by atoms with van der Waals surface area (Å²) in [4.78, 5) is 22.2. The van der Waals surface area contributed by atoms with Crippen LogP contribution in [-0.4, -0.2) is 46.3 Å². The molecular weight excluding hydrogens is 344 g/mol. The zero-order valence-corrected chi connectivity index (χ0v) is 14.1. The van der Waals surface area contributed by atoms with Gasteiger partial charge in [-0.1, -0.05) is 13.0 Å². The molecule has 2 bridgehead atoms. The third-order valence-corrected chi connectivity index (χ3v) is 5.18. The molecule has 3 aliphatic rings. The predicted molar refractivity (Wildman–Crippen MR) is 84.4 cm³/mol. The molecule has 0 spiro atoms. The molecule has 1 saturated heterocycles. The molecule has 0 aromatic heterocycles. The third-order valence-electron chi connectivity index (χ3n) is 2.99. The summed E-state index contributed by atoms with van der Waals surface area (Å²) >= 11 is 1.16. The Morgan fingerprint density at radius 3 is 2.30 bits per heavy atom. The van der Waals surface area contributed by atoms with E-state index >= 15 is 0 Å². The van der Waals surface area contributed by atoms with Gasteiger partial charge in [0.25, 0.3) is 5.91 Å². The Kier molecular flexibility index (Phi) is 5.17. The van der Waals surface area contributed by atoms with Crippen molar-refractivity contribution in [2.75, 3.05) is 5.75 Å². The lowest BCUT2D eigenvalue weighted by molar-refractivity contribution is -0.141. The fourth-order valence-corrected chi connectivity index (χ4v) is 4.24. The van der Waals surface area contributed by atoms with E-state index in [1.165, 1.54) is 6.92 Å². The van der Waals surface area contributed by atoms with Crippen LogP contribution in [0.25, 0.3) is 0 Å². The summed E-state index contributed by atoms with van der Waals surface area (Å²) in [6, 6.07) is 6.97. The number of β-lactam (4-membered cyclic amide) rings is 1. The van der Waals surface area contributed by atoms with E-state index in [0.29, 0.717) is 10.1 Å². The number of hydrogen-bond acceptors (Lipinski definition) is 6. The number of carbonyl (C=O) groups is 2. The molecule has 3 aliphatic heterocycles. The van der Waals surface area contributed by atoms with Gasteiger partial charge in [0.1, 0.15) is 22.9 Å². The SMILES string of the molecule is CCS[C@@H]1[C@H](NC(C)=O)C(=O)N1S(=O)(=O)O.c1cc2cc(c1)O2. The van der Waals surface area contributed by atoms with Gasteiger partial charge in [-0.15, -0.1) is 11.8 Å². The predicted octanol–water partition coefficient (Wildman–Crippen LogP) is 1.01. The molecule has 0 radical (unpaired) electrons. The summed E-state index contributed by atoms with van der Waals surface area (Å²) in [7, 11) is -4.54. The minimum Gasteiger partial charge on any atom is -0.457 e. The van der Waals surface area contributed by atoms with Crippen LogP contribution in [0.3, 0.4) is 0 Å². The fourth-order valence-electron chi connectivity index (χ4n) is 2.05. The Bertz CT molecular complexity index is 696. The number of nitrogens with zero attached hydrogens (tertiary/aromatic N) is 1. The van der Waals surface area contributed by atoms with Gasteiger partial charge < -0.3 is 10.1 Å². The highest BCUT2D eigenvalue weighted by molar-refractivity contribution is 8.00. The first kappa shape index (κ1) is 17.6. The number of hydrogen-bond donors (Lipinski definition) is 2. The molecule has 2 amide bonds. The number of benzene rings is 1. The molecule has 1 fully saturated rings. The third kappa shape index (κ3) is 3.95. The number of rotatable bonds is 4. The Balaban J connectivity index is 0.000000223. The molecule has 2 atom stereocenters. The summed E-state index contributed by atoms with van der Waals surface area (Å²) in [6.45, 7) is 3.01. The van der Waals surface area contributed by atoms with E-state index in [0.717, 1.165) is 23.3 Å². The van der Waals surface area contributed by atoms with Crippen LogP contribution in [0.1, 0.15) is 13.8 Å². The Morgan fingerprint density at radius 1 is 1.43 bits per heavy atom. The maximum absolute atomic E-state index is 11.4. The van der Waals surface area contributed by atoms with Gasteiger partial charge in [0.05, 0.1) is 0 Å². The molecular formula is C13H16N2O6S2. The van der Waals surface area contributed by atoms with Gasteiger partial charge in [-0.2, -0.15) is 12.7 Å². The van der Waals surface area contributed by atoms with Crippen molar-refractivity contribution < 1.29 is 27.3 Å². The minimum atomic E-state index is -4.54. The smallest absolute Gasteiger partial charge is 0.363 e. The molecule has 10 heteroatoms. The molecule has 0 aliphatic carbocycles. The summed E-state index contributed by atoms with van der Waals surface area (Å²) in [5, 5.41) is 1.57. The van der Waals surface area contributed by atoms with Gasteiger partial charge in [-0.3, -0.25) is 14.1 Å². The largest absolute Gasteiger partial charge is 0.457 e. The van der Waals surface area contributed by atoms with E-state index in [4.69, 9.17) is 9.29 Å². The molecule has 4 rings (SSSR count). The molecule has 3 heterocycles. The maximum Gasteiger partial charge on any atom is 0.363 e. The average Bonchev–Trinajstić information content (AvgIpc) is 2.44. The van der Waals surface area contributed by atoms with Gasteiger partial charge in [-0.25, -0.2) is 0 Å². The van der Waals surface area contributed by atoms with Crippen LogP contribution >= 0.6 is 11.8 Å². The molecule has 0 saturated carbocycles. The number of carbonyl (C=O) groups excluding carboxylic acids is 2. The van der Waals surface area contributed by atoms with Crippen LogP contribution < -0.4 is 10.1 Å². The summed E-state index contributed by atoms with van der Waals surface area (Å²) in [5.41, 5.74) is 0. The van der Waals surface area contributed by atoms with Crippen molar-refractivity contribution in [2.24, 2.45) is 0 Å². The monoisotopic (exact) mass is 360 g/mol. The molecule has 1 aromatic rings. The molecule has 23 heavy (non-hydrogen) atoms. The van der Waals surface area contributed by atoms with Gasteiger partial charge in [-0.05, 0) is 17.9 Å². The molecule has 1 aromatic carbocycles. The Morgan fingerprint density at radius 2 is 2.00 bits per heavy atom. The standard InChI is InChI=1S/C7H12N2O5S2.C6H4O/c1-3-15-7-5(8-4(2)10)6(11)9(7)16(12,13)14;1-2-5-4-6(3-1)7-5/h5,7H,3H2,1-2H3,(H,8,10)(H,12,13,14);1-4H/t5-,7-;/m1./s1. The Labute approximate surface area is 138 Å². The van der Waals surface area contributed by atoms with Crippen molar-refractivity contribution in [1.82, 2.24) is 9.62 Å². The second kappa shape index (κ2) is 6.77. The van der Waals surface area contributed by atoms with Crippen LogP contribution in [0.15, 0.2) is 24.3 Å². The van der Waals surface area contributed by atoms with Gasteiger partial charge in [0, 0.05) is 13.0 Å². The van der Waals surface area contributed by atoms with Crippen molar-refractivity contribution in [3.63, 3.8) is 0 Å². The Hall–Kier alpha value is -1.78. The van der Waals surface area contributed by atoms with E-state index in [9.17, 15) is 18.0 Å². The highest BCUT2D eigenvalue weighted by Crippen LogP contribution is 2.33. The molecule has 126 valence electrons. The first-order valence-corrected chi connectivity index (χ1v) is 9.16.